The van der Waals surface area contributed by atoms with Gasteiger partial charge in [0.05, 0.1) is 5.56 Å². The molecule has 0 amide bonds. The summed E-state index contributed by atoms with van der Waals surface area (Å²) in [6, 6.07) is 5.81. The van der Waals surface area contributed by atoms with Gasteiger partial charge in [0, 0.05) is 28.6 Å². The minimum atomic E-state index is -3.25. The molecule has 1 aliphatic carbocycles. The van der Waals surface area contributed by atoms with E-state index in [1.54, 1.807) is 23.8 Å². The normalized spacial score (nSPS) is 21.2. The molecule has 1 atom stereocenters. The van der Waals surface area contributed by atoms with Crippen LogP contribution in [0.1, 0.15) is 42.3 Å². The number of rotatable bonds is 1. The number of nitrogens with zero attached hydrogens (tertiary/aromatic N) is 2. The Labute approximate surface area is 138 Å². The van der Waals surface area contributed by atoms with Crippen molar-refractivity contribution in [3.63, 3.8) is 0 Å². The molecule has 3 rings (SSSR count). The van der Waals surface area contributed by atoms with E-state index in [9.17, 15) is 18.3 Å². The summed E-state index contributed by atoms with van der Waals surface area (Å²) in [5.41, 5.74) is 0.267. The molecular formula is C18H17F3N2O. The molecule has 0 radical (unpaired) electrons. The maximum absolute atomic E-state index is 14.5. The van der Waals surface area contributed by atoms with Crippen LogP contribution in [0, 0.1) is 29.5 Å². The topological polar surface area (TPSA) is 49.0 Å². The molecule has 0 spiro atoms. The second kappa shape index (κ2) is 5.12. The number of nitriles is 1. The molecule has 0 fully saturated rings. The smallest absolute Gasteiger partial charge is 0.282 e. The lowest BCUT2D eigenvalue weighted by Gasteiger charge is -2.42. The van der Waals surface area contributed by atoms with Gasteiger partial charge in [-0.05, 0) is 37.1 Å². The number of aryl methyl sites for hydroxylation is 1. The molecule has 6 heteroatoms. The minimum Gasteiger partial charge on any atom is -0.382 e. The first-order valence-corrected chi connectivity index (χ1v) is 7.57. The highest BCUT2D eigenvalue weighted by Crippen LogP contribution is 2.53. The highest BCUT2D eigenvalue weighted by Gasteiger charge is 2.57. The fourth-order valence-electron chi connectivity index (χ4n) is 3.32. The Balaban J connectivity index is 2.22. The Morgan fingerprint density at radius 3 is 2.62 bits per heavy atom. The molecule has 1 aliphatic rings. The number of fused-ring (bicyclic) bond motifs is 1. The van der Waals surface area contributed by atoms with E-state index in [1.807, 2.05) is 0 Å². The fourth-order valence-corrected chi connectivity index (χ4v) is 3.32. The third-order valence-corrected chi connectivity index (χ3v) is 4.83. The Hall–Kier alpha value is -2.26. The molecule has 1 aromatic heterocycles. The van der Waals surface area contributed by atoms with Crippen molar-refractivity contribution in [1.29, 1.82) is 5.26 Å². The fraction of sp³-hybridized carbons (Fsp3) is 0.389. The summed E-state index contributed by atoms with van der Waals surface area (Å²) in [7, 11) is 0. The number of alkyl halides is 2. The minimum absolute atomic E-state index is 0.0551. The Morgan fingerprint density at radius 1 is 1.33 bits per heavy atom. The van der Waals surface area contributed by atoms with E-state index in [0.29, 0.717) is 16.9 Å². The summed E-state index contributed by atoms with van der Waals surface area (Å²) < 4.78 is 44.1. The predicted molar refractivity (Wildman–Crippen MR) is 82.6 cm³/mol. The third kappa shape index (κ3) is 2.15. The highest BCUT2D eigenvalue weighted by molar-refractivity contribution is 5.49. The van der Waals surface area contributed by atoms with E-state index in [1.165, 1.54) is 32.0 Å². The van der Waals surface area contributed by atoms with Crippen LogP contribution in [-0.4, -0.2) is 15.6 Å². The average molecular weight is 334 g/mol. The summed E-state index contributed by atoms with van der Waals surface area (Å²) in [4.78, 5) is 0. The van der Waals surface area contributed by atoms with Gasteiger partial charge in [0.25, 0.3) is 5.92 Å². The van der Waals surface area contributed by atoms with Crippen LogP contribution in [-0.2, 0) is 6.42 Å². The van der Waals surface area contributed by atoms with Gasteiger partial charge >= 0.3 is 0 Å². The summed E-state index contributed by atoms with van der Waals surface area (Å²) in [5.74, 6) is -3.89. The van der Waals surface area contributed by atoms with Gasteiger partial charge in [-0.25, -0.2) is 13.2 Å². The average Bonchev–Trinajstić information content (AvgIpc) is 2.82. The van der Waals surface area contributed by atoms with Gasteiger partial charge in [0.2, 0.25) is 0 Å². The van der Waals surface area contributed by atoms with E-state index in [4.69, 9.17) is 5.26 Å². The Morgan fingerprint density at radius 2 is 2.00 bits per heavy atom. The number of aliphatic hydroxyl groups is 1. The lowest BCUT2D eigenvalue weighted by Crippen LogP contribution is -2.47. The van der Waals surface area contributed by atoms with E-state index >= 15 is 0 Å². The Bertz CT molecular complexity index is 862. The lowest BCUT2D eigenvalue weighted by atomic mass is 9.71. The van der Waals surface area contributed by atoms with E-state index in [2.05, 4.69) is 0 Å². The SMILES string of the molecule is Cc1cn(-c2ccc(F)c(C#N)c2)c2c1C(O)C(F)(F)C(C)(C)C2. The zero-order valence-corrected chi connectivity index (χ0v) is 13.6. The van der Waals surface area contributed by atoms with Crippen molar-refractivity contribution < 1.29 is 18.3 Å². The molecule has 1 unspecified atom stereocenters. The molecule has 1 heterocycles. The van der Waals surface area contributed by atoms with Crippen molar-refractivity contribution in [3.05, 3.63) is 52.6 Å². The van der Waals surface area contributed by atoms with Crippen molar-refractivity contribution in [2.45, 2.75) is 39.2 Å². The van der Waals surface area contributed by atoms with Gasteiger partial charge in [-0.2, -0.15) is 5.26 Å². The molecule has 24 heavy (non-hydrogen) atoms. The monoisotopic (exact) mass is 334 g/mol. The quantitative estimate of drug-likeness (QED) is 0.855. The van der Waals surface area contributed by atoms with E-state index in [0.717, 1.165) is 0 Å². The second-order valence-corrected chi connectivity index (χ2v) is 6.90. The van der Waals surface area contributed by atoms with Crippen molar-refractivity contribution in [2.24, 2.45) is 5.41 Å². The molecule has 1 aromatic carbocycles. The predicted octanol–water partition coefficient (Wildman–Crippen LogP) is 4.05. The van der Waals surface area contributed by atoms with E-state index in [-0.39, 0.29) is 17.5 Å². The van der Waals surface area contributed by atoms with Crippen molar-refractivity contribution in [2.75, 3.05) is 0 Å². The standard InChI is InChI=1S/C18H17F3N2O/c1-10-9-23(12-4-5-13(19)11(6-12)8-22)14-7-17(2,3)18(20,21)16(24)15(10)14/h4-6,9,16,24H,7H2,1-3H3. The number of aromatic nitrogens is 1. The molecule has 3 nitrogen and oxygen atoms in total. The van der Waals surface area contributed by atoms with Gasteiger partial charge in [-0.3, -0.25) is 0 Å². The van der Waals surface area contributed by atoms with E-state index < -0.39 is 23.3 Å². The molecule has 126 valence electrons. The summed E-state index contributed by atoms with van der Waals surface area (Å²) >= 11 is 0. The largest absolute Gasteiger partial charge is 0.382 e. The number of hydrogen-bond acceptors (Lipinski definition) is 2. The molecule has 0 saturated carbocycles. The van der Waals surface area contributed by atoms with Crippen LogP contribution in [0.15, 0.2) is 24.4 Å². The van der Waals surface area contributed by atoms with Gasteiger partial charge in [0.1, 0.15) is 18.0 Å². The van der Waals surface area contributed by atoms with Gasteiger partial charge in [-0.15, -0.1) is 0 Å². The van der Waals surface area contributed by atoms with Crippen LogP contribution in [0.25, 0.3) is 5.69 Å². The first kappa shape index (κ1) is 16.6. The van der Waals surface area contributed by atoms with Crippen LogP contribution >= 0.6 is 0 Å². The maximum Gasteiger partial charge on any atom is 0.282 e. The molecular weight excluding hydrogens is 317 g/mol. The first-order chi connectivity index (χ1) is 11.1. The third-order valence-electron chi connectivity index (χ3n) is 4.83. The lowest BCUT2D eigenvalue weighted by molar-refractivity contribution is -0.192. The van der Waals surface area contributed by atoms with Crippen LogP contribution in [0.5, 0.6) is 0 Å². The zero-order valence-electron chi connectivity index (χ0n) is 13.6. The molecule has 0 aliphatic heterocycles. The highest BCUT2D eigenvalue weighted by atomic mass is 19.3. The molecule has 0 bridgehead atoms. The van der Waals surface area contributed by atoms with Crippen molar-refractivity contribution in [1.82, 2.24) is 4.57 Å². The zero-order chi connectivity index (χ0) is 17.9. The van der Waals surface area contributed by atoms with Crippen LogP contribution in [0.2, 0.25) is 0 Å². The summed E-state index contributed by atoms with van der Waals surface area (Å²) in [6.07, 6.45) is -0.201. The summed E-state index contributed by atoms with van der Waals surface area (Å²) in [6.45, 7) is 4.48. The van der Waals surface area contributed by atoms with Crippen molar-refractivity contribution in [3.8, 4) is 11.8 Å². The first-order valence-electron chi connectivity index (χ1n) is 7.57. The van der Waals surface area contributed by atoms with Gasteiger partial charge in [0.15, 0.2) is 0 Å². The molecule has 0 saturated heterocycles. The number of hydrogen-bond donors (Lipinski definition) is 1. The van der Waals surface area contributed by atoms with Crippen LogP contribution in [0.4, 0.5) is 13.2 Å². The molecule has 2 aromatic rings. The Kier molecular flexibility index (Phi) is 3.54. The number of aliphatic hydroxyl groups excluding tert-OH is 1. The maximum atomic E-state index is 14.5. The number of benzene rings is 1. The van der Waals surface area contributed by atoms with Crippen molar-refractivity contribution >= 4 is 0 Å². The van der Waals surface area contributed by atoms with Crippen LogP contribution in [0.3, 0.4) is 0 Å². The molecule has 1 N–H and O–H groups in total. The van der Waals surface area contributed by atoms with Gasteiger partial charge in [-0.1, -0.05) is 13.8 Å². The second-order valence-electron chi connectivity index (χ2n) is 6.90. The van der Waals surface area contributed by atoms with Gasteiger partial charge < -0.3 is 9.67 Å². The number of halogens is 3. The summed E-state index contributed by atoms with van der Waals surface area (Å²) in [5, 5.41) is 19.2. The van der Waals surface area contributed by atoms with Crippen LogP contribution < -0.4 is 0 Å².